The van der Waals surface area contributed by atoms with E-state index in [-0.39, 0.29) is 13.0 Å². The number of carbonyl (C=O) groups is 1. The third-order valence-electron chi connectivity index (χ3n) is 2.03. The Bertz CT molecular complexity index is 388. The minimum Gasteiger partial charge on any atom is -0.463 e. The van der Waals surface area contributed by atoms with Crippen LogP contribution in [0.3, 0.4) is 0 Å². The summed E-state index contributed by atoms with van der Waals surface area (Å²) in [5.41, 5.74) is 0.763. The molecule has 17 heavy (non-hydrogen) atoms. The molecular formula is C13H14ClFO2. The zero-order chi connectivity index (χ0) is 12.7. The highest BCUT2D eigenvalue weighted by atomic mass is 35.5. The SMILES string of the molecule is CCOC(=O)/C=C/[C@](F)(Cl)Cc1ccccc1. The van der Waals surface area contributed by atoms with Gasteiger partial charge in [-0.05, 0) is 18.6 Å². The molecule has 1 atom stereocenters. The summed E-state index contributed by atoms with van der Waals surface area (Å²) in [5.74, 6) is -0.594. The molecule has 0 bridgehead atoms. The molecule has 0 unspecified atom stereocenters. The van der Waals surface area contributed by atoms with Gasteiger partial charge in [0.05, 0.1) is 6.61 Å². The van der Waals surface area contributed by atoms with Gasteiger partial charge in [0.25, 0.3) is 0 Å². The highest BCUT2D eigenvalue weighted by molar-refractivity contribution is 6.24. The molecule has 1 aromatic carbocycles. The fourth-order valence-corrected chi connectivity index (χ4v) is 1.52. The molecule has 0 aliphatic rings. The predicted octanol–water partition coefficient (Wildman–Crippen LogP) is 3.25. The molecule has 92 valence electrons. The van der Waals surface area contributed by atoms with E-state index >= 15 is 0 Å². The number of ether oxygens (including phenoxy) is 1. The van der Waals surface area contributed by atoms with E-state index in [2.05, 4.69) is 4.74 Å². The van der Waals surface area contributed by atoms with Gasteiger partial charge >= 0.3 is 5.97 Å². The fourth-order valence-electron chi connectivity index (χ4n) is 1.31. The smallest absolute Gasteiger partial charge is 0.330 e. The predicted molar refractivity (Wildman–Crippen MR) is 65.6 cm³/mol. The summed E-state index contributed by atoms with van der Waals surface area (Å²) in [5, 5.41) is -2.08. The Kier molecular flexibility index (Phi) is 5.16. The number of rotatable bonds is 5. The van der Waals surface area contributed by atoms with E-state index in [1.807, 2.05) is 6.07 Å². The third kappa shape index (κ3) is 5.50. The molecule has 0 saturated heterocycles. The van der Waals surface area contributed by atoms with E-state index in [1.54, 1.807) is 31.2 Å². The van der Waals surface area contributed by atoms with E-state index in [1.165, 1.54) is 0 Å². The third-order valence-corrected chi connectivity index (χ3v) is 2.29. The van der Waals surface area contributed by atoms with Gasteiger partial charge in [-0.25, -0.2) is 9.18 Å². The number of alkyl halides is 2. The largest absolute Gasteiger partial charge is 0.463 e. The number of halogens is 2. The summed E-state index contributed by atoms with van der Waals surface area (Å²) in [7, 11) is 0. The lowest BCUT2D eigenvalue weighted by Crippen LogP contribution is -2.15. The van der Waals surface area contributed by atoms with Crippen molar-refractivity contribution in [2.24, 2.45) is 0 Å². The van der Waals surface area contributed by atoms with Crippen LogP contribution in [0, 0.1) is 0 Å². The molecule has 1 rings (SSSR count). The van der Waals surface area contributed by atoms with Gasteiger partial charge in [-0.2, -0.15) is 0 Å². The lowest BCUT2D eigenvalue weighted by molar-refractivity contribution is -0.137. The molecule has 0 N–H and O–H groups in total. The van der Waals surface area contributed by atoms with Crippen LogP contribution in [0.4, 0.5) is 4.39 Å². The Balaban J connectivity index is 2.60. The first-order valence-electron chi connectivity index (χ1n) is 5.31. The van der Waals surface area contributed by atoms with Gasteiger partial charge in [0, 0.05) is 12.5 Å². The first kappa shape index (κ1) is 13.7. The van der Waals surface area contributed by atoms with Crippen LogP contribution in [-0.4, -0.2) is 17.7 Å². The van der Waals surface area contributed by atoms with Crippen LogP contribution in [0.2, 0.25) is 0 Å². The molecule has 4 heteroatoms. The maximum absolute atomic E-state index is 13.8. The number of esters is 1. The molecule has 0 aromatic heterocycles. The monoisotopic (exact) mass is 256 g/mol. The average Bonchev–Trinajstić information content (AvgIpc) is 2.28. The molecule has 2 nitrogen and oxygen atoms in total. The normalized spacial score (nSPS) is 14.5. The summed E-state index contributed by atoms with van der Waals surface area (Å²) in [6, 6.07) is 8.99. The van der Waals surface area contributed by atoms with E-state index in [9.17, 15) is 9.18 Å². The minimum atomic E-state index is -2.08. The summed E-state index contributed by atoms with van der Waals surface area (Å²) in [6.07, 6.45) is 2.03. The second kappa shape index (κ2) is 6.40. The highest BCUT2D eigenvalue weighted by Crippen LogP contribution is 2.24. The van der Waals surface area contributed by atoms with Gasteiger partial charge in [-0.1, -0.05) is 41.9 Å². The highest BCUT2D eigenvalue weighted by Gasteiger charge is 2.23. The lowest BCUT2D eigenvalue weighted by Gasteiger charge is -2.12. The van der Waals surface area contributed by atoms with Crippen LogP contribution < -0.4 is 0 Å². The zero-order valence-corrected chi connectivity index (χ0v) is 10.3. The Labute approximate surface area is 105 Å². The molecule has 0 aliphatic carbocycles. The van der Waals surface area contributed by atoms with Crippen molar-refractivity contribution < 1.29 is 13.9 Å². The zero-order valence-electron chi connectivity index (χ0n) is 9.53. The summed E-state index contributed by atoms with van der Waals surface area (Å²) in [4.78, 5) is 11.0. The Morgan fingerprint density at radius 3 is 2.71 bits per heavy atom. The Morgan fingerprint density at radius 1 is 1.47 bits per heavy atom. The van der Waals surface area contributed by atoms with E-state index in [0.717, 1.165) is 17.7 Å². The molecule has 0 radical (unpaired) electrons. The quantitative estimate of drug-likeness (QED) is 0.459. The van der Waals surface area contributed by atoms with Crippen LogP contribution in [0.15, 0.2) is 42.5 Å². The van der Waals surface area contributed by atoms with Gasteiger partial charge in [-0.15, -0.1) is 0 Å². The summed E-state index contributed by atoms with van der Waals surface area (Å²) in [6.45, 7) is 1.93. The van der Waals surface area contributed by atoms with Crippen molar-refractivity contribution in [1.29, 1.82) is 0 Å². The maximum atomic E-state index is 13.8. The van der Waals surface area contributed by atoms with E-state index in [0.29, 0.717) is 0 Å². The first-order valence-corrected chi connectivity index (χ1v) is 5.69. The first-order chi connectivity index (χ1) is 8.03. The number of hydrogen-bond donors (Lipinski definition) is 0. The van der Waals surface area contributed by atoms with Gasteiger partial charge in [0.15, 0.2) is 0 Å². The molecule has 1 aromatic rings. The summed E-state index contributed by atoms with van der Waals surface area (Å²) >= 11 is 5.65. The van der Waals surface area contributed by atoms with Crippen molar-refractivity contribution in [3.63, 3.8) is 0 Å². The standard InChI is InChI=1S/C13H14ClFO2/c1-2-17-12(16)8-9-13(14,15)10-11-6-4-3-5-7-11/h3-9H,2,10H2,1H3/b9-8+/t13-/m1/s1. The number of allylic oxidation sites excluding steroid dienone is 1. The Hall–Kier alpha value is -1.35. The second-order valence-electron chi connectivity index (χ2n) is 3.51. The molecular weight excluding hydrogens is 243 g/mol. The van der Waals surface area contributed by atoms with E-state index < -0.39 is 11.1 Å². The topological polar surface area (TPSA) is 26.3 Å². The van der Waals surface area contributed by atoms with Crippen LogP contribution in [0.25, 0.3) is 0 Å². The van der Waals surface area contributed by atoms with Crippen LogP contribution in [0.5, 0.6) is 0 Å². The van der Waals surface area contributed by atoms with Gasteiger partial charge in [0.1, 0.15) is 0 Å². The maximum Gasteiger partial charge on any atom is 0.330 e. The number of carbonyl (C=O) groups excluding carboxylic acids is 1. The minimum absolute atomic E-state index is 0.00526. The number of hydrogen-bond acceptors (Lipinski definition) is 2. The molecule has 0 saturated carbocycles. The van der Waals surface area contributed by atoms with Crippen molar-refractivity contribution in [3.05, 3.63) is 48.0 Å². The van der Waals surface area contributed by atoms with Crippen molar-refractivity contribution >= 4 is 17.6 Å². The summed E-state index contributed by atoms with van der Waals surface area (Å²) < 4.78 is 18.5. The van der Waals surface area contributed by atoms with E-state index in [4.69, 9.17) is 11.6 Å². The van der Waals surface area contributed by atoms with Crippen molar-refractivity contribution in [2.45, 2.75) is 18.5 Å². The van der Waals surface area contributed by atoms with Crippen LogP contribution in [0.1, 0.15) is 12.5 Å². The van der Waals surface area contributed by atoms with Gasteiger partial charge in [0.2, 0.25) is 5.13 Å². The fraction of sp³-hybridized carbons (Fsp3) is 0.308. The molecule has 0 amide bonds. The molecule has 0 fully saturated rings. The van der Waals surface area contributed by atoms with Crippen LogP contribution >= 0.6 is 11.6 Å². The number of benzene rings is 1. The van der Waals surface area contributed by atoms with Crippen molar-refractivity contribution in [2.75, 3.05) is 6.61 Å². The van der Waals surface area contributed by atoms with Gasteiger partial charge < -0.3 is 4.74 Å². The van der Waals surface area contributed by atoms with Gasteiger partial charge in [-0.3, -0.25) is 0 Å². The van der Waals surface area contributed by atoms with Crippen LogP contribution in [-0.2, 0) is 16.0 Å². The van der Waals surface area contributed by atoms with Crippen molar-refractivity contribution in [3.8, 4) is 0 Å². The molecule has 0 spiro atoms. The molecule has 0 aliphatic heterocycles. The second-order valence-corrected chi connectivity index (χ2v) is 4.14. The Morgan fingerprint density at radius 2 is 2.12 bits per heavy atom. The average molecular weight is 257 g/mol. The van der Waals surface area contributed by atoms with Crippen molar-refractivity contribution in [1.82, 2.24) is 0 Å². The lowest BCUT2D eigenvalue weighted by atomic mass is 10.1. The molecule has 0 heterocycles.